The zero-order valence-corrected chi connectivity index (χ0v) is 8.11. The van der Waals surface area contributed by atoms with E-state index in [2.05, 4.69) is 0 Å². The van der Waals surface area contributed by atoms with E-state index in [1.165, 1.54) is 12.1 Å². The summed E-state index contributed by atoms with van der Waals surface area (Å²) in [4.78, 5) is 0. The summed E-state index contributed by atoms with van der Waals surface area (Å²) in [5.41, 5.74) is -0.257. The molecule has 15 heavy (non-hydrogen) atoms. The van der Waals surface area contributed by atoms with E-state index in [0.29, 0.717) is 0 Å². The van der Waals surface area contributed by atoms with E-state index in [9.17, 15) is 17.6 Å². The first-order valence-corrected chi connectivity index (χ1v) is 4.38. The minimum atomic E-state index is -4.76. The van der Waals surface area contributed by atoms with Gasteiger partial charge in [0.25, 0.3) is 0 Å². The fourth-order valence-corrected chi connectivity index (χ4v) is 1.22. The van der Waals surface area contributed by atoms with Gasteiger partial charge in [0, 0.05) is 6.42 Å². The molecule has 1 atom stereocenters. The van der Waals surface area contributed by atoms with Crippen LogP contribution in [0.2, 0.25) is 5.02 Å². The van der Waals surface area contributed by atoms with Crippen LogP contribution in [0.3, 0.4) is 0 Å². The van der Waals surface area contributed by atoms with Crippen molar-refractivity contribution in [2.24, 2.45) is 0 Å². The second kappa shape index (κ2) is 4.37. The van der Waals surface area contributed by atoms with Gasteiger partial charge in [-0.25, -0.2) is 4.39 Å². The van der Waals surface area contributed by atoms with E-state index in [1.54, 1.807) is 0 Å². The minimum Gasteiger partial charge on any atom is -0.383 e. The average Bonchev–Trinajstić information content (AvgIpc) is 2.11. The standard InChI is InChI=1S/C9H7ClF4O/c10-6-3-1-2-5(8(6)11)4-7(15)9(12,13)14/h1-3,7,15H,4H2/t7-/m0/s1. The molecule has 0 aliphatic carbocycles. The van der Waals surface area contributed by atoms with Gasteiger partial charge in [-0.05, 0) is 11.6 Å². The van der Waals surface area contributed by atoms with Crippen molar-refractivity contribution < 1.29 is 22.7 Å². The third kappa shape index (κ3) is 3.07. The van der Waals surface area contributed by atoms with Crippen LogP contribution in [-0.4, -0.2) is 17.4 Å². The molecule has 0 spiro atoms. The number of halogens is 5. The maximum atomic E-state index is 13.1. The van der Waals surface area contributed by atoms with Crippen LogP contribution in [0.4, 0.5) is 17.6 Å². The van der Waals surface area contributed by atoms with Crippen molar-refractivity contribution in [3.05, 3.63) is 34.6 Å². The first-order chi connectivity index (χ1) is 6.82. The van der Waals surface area contributed by atoms with E-state index in [4.69, 9.17) is 16.7 Å². The molecular weight excluding hydrogens is 236 g/mol. The second-order valence-corrected chi connectivity index (χ2v) is 3.38. The molecule has 1 rings (SSSR count). The number of aliphatic hydroxyl groups excluding tert-OH is 1. The maximum Gasteiger partial charge on any atom is 0.414 e. The average molecular weight is 243 g/mol. The fourth-order valence-electron chi connectivity index (χ4n) is 1.03. The minimum absolute atomic E-state index is 0.257. The van der Waals surface area contributed by atoms with Gasteiger partial charge in [-0.1, -0.05) is 23.7 Å². The Hall–Kier alpha value is -0.810. The van der Waals surface area contributed by atoms with Crippen molar-refractivity contribution in [2.45, 2.75) is 18.7 Å². The smallest absolute Gasteiger partial charge is 0.383 e. The van der Waals surface area contributed by atoms with Crippen molar-refractivity contribution in [1.82, 2.24) is 0 Å². The summed E-state index contributed by atoms with van der Waals surface area (Å²) in [6, 6.07) is 3.69. The molecule has 0 aliphatic rings. The normalized spacial score (nSPS) is 14.0. The van der Waals surface area contributed by atoms with Gasteiger partial charge in [-0.15, -0.1) is 0 Å². The lowest BCUT2D eigenvalue weighted by atomic mass is 10.1. The van der Waals surface area contributed by atoms with Gasteiger partial charge in [-0.3, -0.25) is 0 Å². The lowest BCUT2D eigenvalue weighted by Gasteiger charge is -2.14. The molecule has 0 unspecified atom stereocenters. The number of alkyl halides is 3. The molecular formula is C9H7ClF4O. The van der Waals surface area contributed by atoms with Crippen LogP contribution in [0.1, 0.15) is 5.56 Å². The van der Waals surface area contributed by atoms with Gasteiger partial charge in [0.15, 0.2) is 6.10 Å². The van der Waals surface area contributed by atoms with Gasteiger partial charge in [0.2, 0.25) is 0 Å². The zero-order chi connectivity index (χ0) is 11.6. The molecule has 0 aromatic heterocycles. The molecule has 0 amide bonds. The number of hydrogen-bond donors (Lipinski definition) is 1. The van der Waals surface area contributed by atoms with Crippen molar-refractivity contribution in [2.75, 3.05) is 0 Å². The third-order valence-corrected chi connectivity index (χ3v) is 2.11. The molecule has 1 aromatic carbocycles. The summed E-state index contributed by atoms with van der Waals surface area (Å²) in [6.07, 6.45) is -8.17. The topological polar surface area (TPSA) is 20.2 Å². The lowest BCUT2D eigenvalue weighted by Crippen LogP contribution is -2.30. The molecule has 0 saturated heterocycles. The first-order valence-electron chi connectivity index (χ1n) is 4.00. The predicted molar refractivity (Wildman–Crippen MR) is 47.2 cm³/mol. The molecule has 1 nitrogen and oxygen atoms in total. The summed E-state index contributed by atoms with van der Waals surface area (Å²) in [5.74, 6) is -0.928. The molecule has 1 aromatic rings. The highest BCUT2D eigenvalue weighted by Crippen LogP contribution is 2.25. The maximum absolute atomic E-state index is 13.1. The SMILES string of the molecule is O[C@@H](Cc1cccc(Cl)c1F)C(F)(F)F. The monoisotopic (exact) mass is 242 g/mol. The van der Waals surface area contributed by atoms with Crippen molar-refractivity contribution in [3.63, 3.8) is 0 Å². The van der Waals surface area contributed by atoms with Crippen LogP contribution in [0.25, 0.3) is 0 Å². The van der Waals surface area contributed by atoms with E-state index in [0.717, 1.165) is 6.07 Å². The van der Waals surface area contributed by atoms with Gasteiger partial charge in [-0.2, -0.15) is 13.2 Å². The van der Waals surface area contributed by atoms with Gasteiger partial charge in [0.1, 0.15) is 5.82 Å². The summed E-state index contributed by atoms with van der Waals surface area (Å²) in [7, 11) is 0. The van der Waals surface area contributed by atoms with Crippen molar-refractivity contribution in [3.8, 4) is 0 Å². The van der Waals surface area contributed by atoms with Gasteiger partial charge < -0.3 is 5.11 Å². The molecule has 0 bridgehead atoms. The van der Waals surface area contributed by atoms with Crippen molar-refractivity contribution >= 4 is 11.6 Å². The highest BCUT2D eigenvalue weighted by atomic mass is 35.5. The second-order valence-electron chi connectivity index (χ2n) is 2.97. The number of rotatable bonds is 2. The van der Waals surface area contributed by atoms with E-state index in [-0.39, 0.29) is 10.6 Å². The Labute approximate surface area is 88.3 Å². The summed E-state index contributed by atoms with van der Waals surface area (Å²) in [6.45, 7) is 0. The van der Waals surface area contributed by atoms with E-state index < -0.39 is 24.5 Å². The zero-order valence-electron chi connectivity index (χ0n) is 7.35. The highest BCUT2D eigenvalue weighted by Gasteiger charge is 2.38. The van der Waals surface area contributed by atoms with Crippen LogP contribution in [-0.2, 0) is 6.42 Å². The molecule has 0 radical (unpaired) electrons. The molecule has 6 heteroatoms. The van der Waals surface area contributed by atoms with Gasteiger partial charge >= 0.3 is 6.18 Å². The summed E-state index contributed by atoms with van der Waals surface area (Å²) in [5, 5.41) is 8.46. The van der Waals surface area contributed by atoms with E-state index in [1.807, 2.05) is 0 Å². The fraction of sp³-hybridized carbons (Fsp3) is 0.333. The Balaban J connectivity index is 2.86. The van der Waals surface area contributed by atoms with Crippen LogP contribution in [0.15, 0.2) is 18.2 Å². The van der Waals surface area contributed by atoms with Gasteiger partial charge in [0.05, 0.1) is 5.02 Å². The summed E-state index contributed by atoms with van der Waals surface area (Å²) < 4.78 is 49.0. The van der Waals surface area contributed by atoms with E-state index >= 15 is 0 Å². The predicted octanol–water partition coefficient (Wildman–Crippen LogP) is 2.94. The number of benzene rings is 1. The van der Waals surface area contributed by atoms with Crippen LogP contribution >= 0.6 is 11.6 Å². The van der Waals surface area contributed by atoms with Crippen LogP contribution < -0.4 is 0 Å². The molecule has 0 saturated carbocycles. The molecule has 1 N–H and O–H groups in total. The lowest BCUT2D eigenvalue weighted by molar-refractivity contribution is -0.203. The Morgan fingerprint density at radius 2 is 1.93 bits per heavy atom. The number of hydrogen-bond acceptors (Lipinski definition) is 1. The molecule has 0 fully saturated rings. The largest absolute Gasteiger partial charge is 0.414 e. The highest BCUT2D eigenvalue weighted by molar-refractivity contribution is 6.30. The Bertz CT molecular complexity index is 350. The quantitative estimate of drug-likeness (QED) is 0.791. The molecule has 84 valence electrons. The third-order valence-electron chi connectivity index (χ3n) is 1.82. The number of aliphatic hydroxyl groups is 1. The van der Waals surface area contributed by atoms with Crippen molar-refractivity contribution in [1.29, 1.82) is 0 Å². The Morgan fingerprint density at radius 3 is 2.47 bits per heavy atom. The molecule has 0 aliphatic heterocycles. The first kappa shape index (κ1) is 12.3. The summed E-state index contributed by atoms with van der Waals surface area (Å²) >= 11 is 5.37. The van der Waals surface area contributed by atoms with Crippen LogP contribution in [0.5, 0.6) is 0 Å². The molecule has 0 heterocycles. The Morgan fingerprint density at radius 1 is 1.33 bits per heavy atom. The van der Waals surface area contributed by atoms with Crippen LogP contribution in [0, 0.1) is 5.82 Å². The Kier molecular flexibility index (Phi) is 3.57.